The third kappa shape index (κ3) is 12.6. The smallest absolute Gasteiger partial charge is 0.305 e. The predicted octanol–water partition coefficient (Wildman–Crippen LogP) is 11.8. The first-order valence-electron chi connectivity index (χ1n) is 24.8. The van der Waals surface area contributed by atoms with Crippen molar-refractivity contribution in [2.45, 2.75) is 227 Å². The second-order valence-corrected chi connectivity index (χ2v) is 20.9. The first-order valence-corrected chi connectivity index (χ1v) is 24.8. The Labute approximate surface area is 360 Å². The number of aliphatic hydroxyl groups excluding tert-OH is 3. The van der Waals surface area contributed by atoms with Crippen molar-refractivity contribution in [2.75, 3.05) is 6.61 Å². The maximum Gasteiger partial charge on any atom is 0.305 e. The first-order chi connectivity index (χ1) is 28.3. The number of rotatable bonds is 23. The zero-order valence-corrected chi connectivity index (χ0v) is 38.6. The van der Waals surface area contributed by atoms with Crippen LogP contribution in [0.1, 0.15) is 190 Å². The summed E-state index contributed by atoms with van der Waals surface area (Å²) in [5.41, 5.74) is 2.05. The molecule has 7 nitrogen and oxygen atoms in total. The highest BCUT2D eigenvalue weighted by molar-refractivity contribution is 5.69. The molecule has 4 aliphatic carbocycles. The van der Waals surface area contributed by atoms with E-state index in [1.165, 1.54) is 82.6 Å². The third-order valence-electron chi connectivity index (χ3n) is 16.6. The summed E-state index contributed by atoms with van der Waals surface area (Å²) in [7, 11) is 0. The predicted molar refractivity (Wildman–Crippen MR) is 239 cm³/mol. The molecule has 0 aromatic heterocycles. The largest absolute Gasteiger partial charge is 0.463 e. The molecule has 5 rings (SSSR count). The summed E-state index contributed by atoms with van der Waals surface area (Å²) in [6.45, 7) is 16.7. The van der Waals surface area contributed by atoms with Crippen LogP contribution in [0.15, 0.2) is 36.0 Å². The van der Waals surface area contributed by atoms with Gasteiger partial charge >= 0.3 is 5.97 Å². The fourth-order valence-corrected chi connectivity index (χ4v) is 12.3. The van der Waals surface area contributed by atoms with E-state index in [-0.39, 0.29) is 24.1 Å². The molecule has 0 radical (unpaired) electrons. The van der Waals surface area contributed by atoms with Gasteiger partial charge in [0, 0.05) is 6.42 Å². The van der Waals surface area contributed by atoms with Crippen molar-refractivity contribution >= 4 is 5.97 Å². The van der Waals surface area contributed by atoms with Crippen LogP contribution < -0.4 is 0 Å². The van der Waals surface area contributed by atoms with Crippen LogP contribution >= 0.6 is 0 Å². The van der Waals surface area contributed by atoms with Crippen LogP contribution in [0.5, 0.6) is 0 Å². The van der Waals surface area contributed by atoms with Gasteiger partial charge in [-0.2, -0.15) is 0 Å². The Balaban J connectivity index is 1.02. The highest BCUT2D eigenvalue weighted by atomic mass is 16.7. The Morgan fingerprint density at radius 2 is 1.49 bits per heavy atom. The number of esters is 1. The lowest BCUT2D eigenvalue weighted by Crippen LogP contribution is -2.60. The lowest BCUT2D eigenvalue weighted by atomic mass is 9.47. The van der Waals surface area contributed by atoms with E-state index in [1.54, 1.807) is 0 Å². The normalized spacial score (nSPS) is 37.0. The van der Waals surface area contributed by atoms with Crippen molar-refractivity contribution in [1.82, 2.24) is 0 Å². The molecule has 3 N–H and O–H groups in total. The van der Waals surface area contributed by atoms with Crippen LogP contribution in [-0.2, 0) is 19.0 Å². The number of carbonyl (C=O) groups excluding carboxylic acids is 1. The second-order valence-electron chi connectivity index (χ2n) is 20.9. The van der Waals surface area contributed by atoms with Crippen molar-refractivity contribution in [2.24, 2.45) is 52.3 Å². The minimum Gasteiger partial charge on any atom is -0.463 e. The Hall–Kier alpha value is -1.51. The molecule has 0 spiro atoms. The number of carbonyl (C=O) groups is 1. The molecule has 0 bridgehead atoms. The number of hydrogen-bond acceptors (Lipinski definition) is 7. The molecule has 59 heavy (non-hydrogen) atoms. The van der Waals surface area contributed by atoms with Crippen molar-refractivity contribution in [3.8, 4) is 0 Å². The van der Waals surface area contributed by atoms with Gasteiger partial charge < -0.3 is 29.5 Å². The number of hydrogen-bond donors (Lipinski definition) is 3. The molecule has 1 heterocycles. The molecule has 7 heteroatoms. The number of aliphatic hydroxyl groups is 3. The van der Waals surface area contributed by atoms with Gasteiger partial charge in [0.2, 0.25) is 0 Å². The highest BCUT2D eigenvalue weighted by Crippen LogP contribution is 2.67. The number of fused-ring (bicyclic) bond motifs is 5. The van der Waals surface area contributed by atoms with Crippen LogP contribution in [0.3, 0.4) is 0 Å². The van der Waals surface area contributed by atoms with Gasteiger partial charge in [0.05, 0.1) is 6.10 Å². The number of ether oxygens (including phenoxy) is 3. The summed E-state index contributed by atoms with van der Waals surface area (Å²) < 4.78 is 18.0. The summed E-state index contributed by atoms with van der Waals surface area (Å²) in [6, 6.07) is 0. The van der Waals surface area contributed by atoms with Crippen molar-refractivity contribution in [1.29, 1.82) is 0 Å². The van der Waals surface area contributed by atoms with Gasteiger partial charge in [-0.05, 0) is 136 Å². The molecule has 0 aromatic rings. The topological polar surface area (TPSA) is 105 Å². The van der Waals surface area contributed by atoms with E-state index >= 15 is 0 Å². The average Bonchev–Trinajstić information content (AvgIpc) is 3.58. The quantitative estimate of drug-likeness (QED) is 0.0535. The molecular weight excluding hydrogens is 737 g/mol. The molecule has 0 amide bonds. The van der Waals surface area contributed by atoms with E-state index in [9.17, 15) is 20.1 Å². The van der Waals surface area contributed by atoms with E-state index in [0.29, 0.717) is 35.5 Å². The minimum absolute atomic E-state index is 0.150. The molecule has 4 fully saturated rings. The number of unbranched alkanes of at least 4 members (excludes halogenated alkanes) is 11. The van der Waals surface area contributed by atoms with Gasteiger partial charge in [-0.15, -0.1) is 0 Å². The van der Waals surface area contributed by atoms with E-state index in [1.807, 2.05) is 0 Å². The monoisotopic (exact) mass is 825 g/mol. The van der Waals surface area contributed by atoms with Gasteiger partial charge in [-0.25, -0.2) is 0 Å². The lowest BCUT2D eigenvalue weighted by molar-refractivity contribution is -0.313. The zero-order chi connectivity index (χ0) is 42.6. The Bertz CT molecular complexity index is 1360. The average molecular weight is 825 g/mol. The van der Waals surface area contributed by atoms with Crippen molar-refractivity contribution < 1.29 is 34.3 Å². The molecule has 5 aliphatic rings. The number of allylic oxidation sites excluding steroid dienone is 5. The maximum absolute atomic E-state index is 12.6. The molecule has 0 aromatic carbocycles. The molecular formula is C52H88O7. The van der Waals surface area contributed by atoms with Gasteiger partial charge in [0.15, 0.2) is 6.29 Å². The van der Waals surface area contributed by atoms with Crippen LogP contribution in [-0.4, -0.2) is 64.7 Å². The van der Waals surface area contributed by atoms with Crippen LogP contribution in [0, 0.1) is 52.3 Å². The summed E-state index contributed by atoms with van der Waals surface area (Å²) >= 11 is 0. The van der Waals surface area contributed by atoms with Gasteiger partial charge in [0.1, 0.15) is 31.0 Å². The molecule has 14 unspecified atom stereocenters. The molecule has 1 saturated heterocycles. The standard InChI is InChI=1S/C52H88O7/c1-8-9-10-11-12-13-14-15-16-17-18-19-20-21-22-23-46(53)57-35-45-47(54)48(55)49(56)50(59-45)58-40-30-32-51(6)39(34-40)26-27-41-43-29-28-42(52(43,7)33-31-44(41)51)38(5)25-24-37(4)36(2)3/h15-16,24-26,36-38,40-45,47-50,54-56H,8-14,17-23,27-35H2,1-7H3/b16-15-,25-24+. The second kappa shape index (κ2) is 23.3. The first kappa shape index (κ1) is 48.5. The minimum atomic E-state index is -1.45. The van der Waals surface area contributed by atoms with Crippen LogP contribution in [0.25, 0.3) is 0 Å². The third-order valence-corrected chi connectivity index (χ3v) is 16.6. The molecule has 14 atom stereocenters. The molecule has 3 saturated carbocycles. The summed E-state index contributed by atoms with van der Waals surface area (Å²) in [4.78, 5) is 12.6. The summed E-state index contributed by atoms with van der Waals surface area (Å²) in [6.07, 6.45) is 30.8. The van der Waals surface area contributed by atoms with E-state index < -0.39 is 30.7 Å². The Morgan fingerprint density at radius 1 is 0.814 bits per heavy atom. The zero-order valence-electron chi connectivity index (χ0n) is 38.6. The molecule has 1 aliphatic heterocycles. The van der Waals surface area contributed by atoms with E-state index in [4.69, 9.17) is 14.2 Å². The molecule has 338 valence electrons. The maximum atomic E-state index is 12.6. The summed E-state index contributed by atoms with van der Waals surface area (Å²) in [5.74, 6) is 4.53. The fraction of sp³-hybridized carbons (Fsp3) is 0.865. The van der Waals surface area contributed by atoms with Crippen molar-refractivity contribution in [3.05, 3.63) is 36.0 Å². The van der Waals surface area contributed by atoms with Gasteiger partial charge in [-0.1, -0.05) is 136 Å². The van der Waals surface area contributed by atoms with Crippen molar-refractivity contribution in [3.63, 3.8) is 0 Å². The SMILES string of the molecule is CCCCCCCC/C=C\CCCCCCCC(=O)OCC1OC(OC2CCC3(C)C(=CCC4C3CCC3(C)C(C(C)/C=C/C(C)C(C)C)CCC43)C2)C(O)C(O)C1O. The van der Waals surface area contributed by atoms with Crippen LogP contribution in [0.2, 0.25) is 0 Å². The highest BCUT2D eigenvalue weighted by Gasteiger charge is 2.59. The fourth-order valence-electron chi connectivity index (χ4n) is 12.3. The Morgan fingerprint density at radius 3 is 2.19 bits per heavy atom. The van der Waals surface area contributed by atoms with Gasteiger partial charge in [-0.3, -0.25) is 4.79 Å². The Kier molecular flexibility index (Phi) is 19.1. The van der Waals surface area contributed by atoms with E-state index in [2.05, 4.69) is 78.8 Å². The summed E-state index contributed by atoms with van der Waals surface area (Å²) in [5, 5.41) is 32.5. The van der Waals surface area contributed by atoms with Gasteiger partial charge in [0.25, 0.3) is 0 Å². The van der Waals surface area contributed by atoms with E-state index in [0.717, 1.165) is 75.5 Å². The lowest BCUT2D eigenvalue weighted by Gasteiger charge is -2.58. The van der Waals surface area contributed by atoms with Crippen LogP contribution in [0.4, 0.5) is 0 Å².